The lowest BCUT2D eigenvalue weighted by Gasteiger charge is -2.22. The Morgan fingerprint density at radius 2 is 2.17 bits per heavy atom. The van der Waals surface area contributed by atoms with Crippen LogP contribution in [0.5, 0.6) is 5.75 Å². The Balaban J connectivity index is 1.86. The summed E-state index contributed by atoms with van der Waals surface area (Å²) in [6.45, 7) is 0.794. The van der Waals surface area contributed by atoms with Gasteiger partial charge in [0.1, 0.15) is 5.75 Å². The minimum absolute atomic E-state index is 0.0451. The number of nitrogens with one attached hydrogen (secondary N) is 1. The maximum atomic E-state index is 12.0. The summed E-state index contributed by atoms with van der Waals surface area (Å²) in [6.07, 6.45) is 3.55. The Morgan fingerprint density at radius 3 is 2.83 bits per heavy atom. The molecule has 6 heteroatoms. The van der Waals surface area contributed by atoms with Gasteiger partial charge in [-0.2, -0.15) is 0 Å². The second-order valence-corrected chi connectivity index (χ2v) is 6.05. The number of carbonyl (C=O) groups is 2. The van der Waals surface area contributed by atoms with Gasteiger partial charge in [0.15, 0.2) is 0 Å². The van der Waals surface area contributed by atoms with Crippen molar-refractivity contribution >= 4 is 11.9 Å². The van der Waals surface area contributed by atoms with E-state index in [1.54, 1.807) is 13.2 Å². The van der Waals surface area contributed by atoms with Gasteiger partial charge in [-0.1, -0.05) is 18.2 Å². The second kappa shape index (κ2) is 9.27. The summed E-state index contributed by atoms with van der Waals surface area (Å²) in [7, 11) is 1.56. The van der Waals surface area contributed by atoms with Gasteiger partial charge in [-0.15, -0.1) is 0 Å². The minimum atomic E-state index is -0.935. The van der Waals surface area contributed by atoms with Crippen molar-refractivity contribution in [3.8, 4) is 5.75 Å². The fraction of sp³-hybridized carbons (Fsp3) is 0.556. The van der Waals surface area contributed by atoms with Crippen LogP contribution in [0.25, 0.3) is 0 Å². The predicted molar refractivity (Wildman–Crippen MR) is 89.0 cm³/mol. The summed E-state index contributed by atoms with van der Waals surface area (Å²) in [5.74, 6) is -1.13. The lowest BCUT2D eigenvalue weighted by atomic mass is 9.98. The van der Waals surface area contributed by atoms with Crippen molar-refractivity contribution in [2.45, 2.75) is 38.2 Å². The standard InChI is InChI=1S/C18H25NO5/c1-23-16-8-3-2-6-13(16)10-14(18(21)22)12-19-17(20)11-15-7-4-5-9-24-15/h2-3,6,8,14-15H,4-5,7,9-12H2,1H3,(H,19,20)(H,21,22). The highest BCUT2D eigenvalue weighted by atomic mass is 16.5. The molecule has 2 rings (SSSR count). The molecule has 2 atom stereocenters. The maximum Gasteiger partial charge on any atom is 0.308 e. The van der Waals surface area contributed by atoms with Gasteiger partial charge in [0.25, 0.3) is 0 Å². The van der Waals surface area contributed by atoms with E-state index in [1.807, 2.05) is 18.2 Å². The molecular formula is C18H25NO5. The first-order valence-electron chi connectivity index (χ1n) is 8.33. The summed E-state index contributed by atoms with van der Waals surface area (Å²) in [5.41, 5.74) is 0.817. The molecule has 0 bridgehead atoms. The average Bonchev–Trinajstić information content (AvgIpc) is 2.59. The first-order chi connectivity index (χ1) is 11.6. The molecule has 1 aliphatic heterocycles. The number of amides is 1. The Morgan fingerprint density at radius 1 is 1.38 bits per heavy atom. The van der Waals surface area contributed by atoms with Crippen molar-refractivity contribution in [2.24, 2.45) is 5.92 Å². The van der Waals surface area contributed by atoms with Gasteiger partial charge in [-0.3, -0.25) is 9.59 Å². The molecule has 1 aromatic carbocycles. The molecule has 0 aromatic heterocycles. The van der Waals surface area contributed by atoms with Gasteiger partial charge in [0.2, 0.25) is 5.91 Å². The summed E-state index contributed by atoms with van der Waals surface area (Å²) in [4.78, 5) is 23.5. The quantitative estimate of drug-likeness (QED) is 0.759. The van der Waals surface area contributed by atoms with Gasteiger partial charge in [0, 0.05) is 13.2 Å². The Labute approximate surface area is 142 Å². The van der Waals surface area contributed by atoms with E-state index < -0.39 is 11.9 Å². The highest BCUT2D eigenvalue weighted by Gasteiger charge is 2.22. The molecule has 132 valence electrons. The number of hydrogen-bond acceptors (Lipinski definition) is 4. The number of para-hydroxylation sites is 1. The SMILES string of the molecule is COc1ccccc1CC(CNC(=O)CC1CCCCO1)C(=O)O. The number of carboxylic acid groups (broad SMARTS) is 1. The molecular weight excluding hydrogens is 310 g/mol. The molecule has 1 heterocycles. The van der Waals surface area contributed by atoms with E-state index in [2.05, 4.69) is 5.32 Å². The van der Waals surface area contributed by atoms with E-state index in [9.17, 15) is 14.7 Å². The fourth-order valence-corrected chi connectivity index (χ4v) is 2.87. The zero-order valence-electron chi connectivity index (χ0n) is 14.0. The van der Waals surface area contributed by atoms with Crippen LogP contribution in [-0.4, -0.2) is 43.3 Å². The van der Waals surface area contributed by atoms with Crippen LogP contribution < -0.4 is 10.1 Å². The average molecular weight is 335 g/mol. The van der Waals surface area contributed by atoms with Crippen LogP contribution in [0.1, 0.15) is 31.2 Å². The van der Waals surface area contributed by atoms with Gasteiger partial charge < -0.3 is 19.9 Å². The zero-order chi connectivity index (χ0) is 17.4. The first-order valence-corrected chi connectivity index (χ1v) is 8.33. The van der Waals surface area contributed by atoms with Crippen LogP contribution >= 0.6 is 0 Å². The summed E-state index contributed by atoms with van der Waals surface area (Å²) in [6, 6.07) is 7.32. The third kappa shape index (κ3) is 5.53. The molecule has 0 aliphatic carbocycles. The third-order valence-corrected chi connectivity index (χ3v) is 4.24. The van der Waals surface area contributed by atoms with Crippen LogP contribution in [0.4, 0.5) is 0 Å². The highest BCUT2D eigenvalue weighted by molar-refractivity contribution is 5.78. The number of methoxy groups -OCH3 is 1. The van der Waals surface area contributed by atoms with E-state index in [4.69, 9.17) is 9.47 Å². The van der Waals surface area contributed by atoms with Crippen LogP contribution in [0.15, 0.2) is 24.3 Å². The normalized spacial score (nSPS) is 18.6. The summed E-state index contributed by atoms with van der Waals surface area (Å²) in [5, 5.41) is 12.1. The van der Waals surface area contributed by atoms with Crippen molar-refractivity contribution in [1.82, 2.24) is 5.32 Å². The molecule has 2 N–H and O–H groups in total. The van der Waals surface area contributed by atoms with E-state index in [0.29, 0.717) is 25.2 Å². The Kier molecular flexibility index (Phi) is 7.06. The number of carboxylic acids is 1. The van der Waals surface area contributed by atoms with E-state index in [-0.39, 0.29) is 18.6 Å². The molecule has 24 heavy (non-hydrogen) atoms. The smallest absolute Gasteiger partial charge is 0.308 e. The van der Waals surface area contributed by atoms with Crippen molar-refractivity contribution in [1.29, 1.82) is 0 Å². The van der Waals surface area contributed by atoms with E-state index in [1.165, 1.54) is 0 Å². The van der Waals surface area contributed by atoms with Crippen molar-refractivity contribution < 1.29 is 24.2 Å². The van der Waals surface area contributed by atoms with Gasteiger partial charge in [0.05, 0.1) is 25.6 Å². The first kappa shape index (κ1) is 18.3. The number of rotatable bonds is 8. The monoisotopic (exact) mass is 335 g/mol. The molecule has 1 fully saturated rings. The summed E-state index contributed by atoms with van der Waals surface area (Å²) >= 11 is 0. The molecule has 6 nitrogen and oxygen atoms in total. The Bertz CT molecular complexity index is 554. The molecule has 2 unspecified atom stereocenters. The molecule has 1 amide bonds. The number of aliphatic carboxylic acids is 1. The predicted octanol–water partition coefficient (Wildman–Crippen LogP) is 2.01. The van der Waals surface area contributed by atoms with Crippen LogP contribution in [-0.2, 0) is 20.7 Å². The van der Waals surface area contributed by atoms with Crippen LogP contribution in [0.2, 0.25) is 0 Å². The largest absolute Gasteiger partial charge is 0.496 e. The lowest BCUT2D eigenvalue weighted by molar-refractivity contribution is -0.141. The molecule has 0 radical (unpaired) electrons. The topological polar surface area (TPSA) is 84.9 Å². The molecule has 0 spiro atoms. The van der Waals surface area contributed by atoms with Gasteiger partial charge in [-0.25, -0.2) is 0 Å². The van der Waals surface area contributed by atoms with Crippen LogP contribution in [0, 0.1) is 5.92 Å². The van der Waals surface area contributed by atoms with E-state index in [0.717, 1.165) is 24.8 Å². The van der Waals surface area contributed by atoms with Crippen LogP contribution in [0.3, 0.4) is 0 Å². The zero-order valence-corrected chi connectivity index (χ0v) is 14.0. The van der Waals surface area contributed by atoms with Crippen molar-refractivity contribution in [2.75, 3.05) is 20.3 Å². The molecule has 1 aromatic rings. The van der Waals surface area contributed by atoms with Crippen molar-refractivity contribution in [3.05, 3.63) is 29.8 Å². The number of carbonyl (C=O) groups excluding carboxylic acids is 1. The maximum absolute atomic E-state index is 12.0. The number of hydrogen-bond donors (Lipinski definition) is 2. The summed E-state index contributed by atoms with van der Waals surface area (Å²) < 4.78 is 10.8. The fourth-order valence-electron chi connectivity index (χ4n) is 2.87. The highest BCUT2D eigenvalue weighted by Crippen LogP contribution is 2.21. The number of ether oxygens (including phenoxy) is 2. The third-order valence-electron chi connectivity index (χ3n) is 4.24. The number of benzene rings is 1. The second-order valence-electron chi connectivity index (χ2n) is 6.05. The van der Waals surface area contributed by atoms with Gasteiger partial charge in [-0.05, 0) is 37.3 Å². The van der Waals surface area contributed by atoms with E-state index >= 15 is 0 Å². The molecule has 0 saturated carbocycles. The molecule has 1 saturated heterocycles. The van der Waals surface area contributed by atoms with Crippen molar-refractivity contribution in [3.63, 3.8) is 0 Å². The van der Waals surface area contributed by atoms with Gasteiger partial charge >= 0.3 is 5.97 Å². The Hall–Kier alpha value is -2.08. The molecule has 1 aliphatic rings. The minimum Gasteiger partial charge on any atom is -0.496 e. The lowest BCUT2D eigenvalue weighted by Crippen LogP contribution is -2.36.